The fraction of sp³-hybridized carbons (Fsp3) is 0.308. The highest BCUT2D eigenvalue weighted by atomic mass is 16.1. The van der Waals surface area contributed by atoms with Crippen LogP contribution in [0.3, 0.4) is 0 Å². The summed E-state index contributed by atoms with van der Waals surface area (Å²) in [5, 5.41) is 2.75. The van der Waals surface area contributed by atoms with Gasteiger partial charge in [-0.25, -0.2) is 0 Å². The zero-order valence-corrected chi connectivity index (χ0v) is 9.50. The summed E-state index contributed by atoms with van der Waals surface area (Å²) in [6, 6.07) is 7.86. The Morgan fingerprint density at radius 3 is 2.60 bits per heavy atom. The zero-order chi connectivity index (χ0) is 11.5. The number of benzene rings is 1. The van der Waals surface area contributed by atoms with Gasteiger partial charge < -0.3 is 5.32 Å². The van der Waals surface area contributed by atoms with Gasteiger partial charge in [0.25, 0.3) is 0 Å². The summed E-state index contributed by atoms with van der Waals surface area (Å²) < 4.78 is 0. The number of anilines is 1. The molecule has 0 aliphatic carbocycles. The van der Waals surface area contributed by atoms with E-state index in [1.807, 2.05) is 18.2 Å². The molecular weight excluding hydrogens is 186 g/mol. The van der Waals surface area contributed by atoms with Crippen molar-refractivity contribution in [3.05, 3.63) is 42.5 Å². The van der Waals surface area contributed by atoms with Crippen molar-refractivity contribution in [1.82, 2.24) is 0 Å². The third-order valence-corrected chi connectivity index (χ3v) is 2.18. The lowest BCUT2D eigenvalue weighted by molar-refractivity contribution is -0.111. The van der Waals surface area contributed by atoms with E-state index in [1.54, 1.807) is 0 Å². The molecule has 1 N–H and O–H groups in total. The monoisotopic (exact) mass is 203 g/mol. The van der Waals surface area contributed by atoms with Crippen LogP contribution in [0.25, 0.3) is 0 Å². The predicted molar refractivity (Wildman–Crippen MR) is 64.0 cm³/mol. The maximum Gasteiger partial charge on any atom is 0.247 e. The highest BCUT2D eigenvalue weighted by Gasteiger charge is 2.13. The number of amides is 1. The van der Waals surface area contributed by atoms with Crippen LogP contribution in [0.2, 0.25) is 0 Å². The van der Waals surface area contributed by atoms with Gasteiger partial charge in [-0.15, -0.1) is 0 Å². The Kier molecular flexibility index (Phi) is 3.30. The molecule has 2 nitrogen and oxygen atoms in total. The van der Waals surface area contributed by atoms with Gasteiger partial charge in [-0.2, -0.15) is 0 Å². The third kappa shape index (κ3) is 3.24. The van der Waals surface area contributed by atoms with Crippen molar-refractivity contribution in [2.75, 3.05) is 5.32 Å². The average Bonchev–Trinajstić information content (AvgIpc) is 2.17. The molecule has 80 valence electrons. The molecule has 1 aromatic rings. The number of carbonyl (C=O) groups excluding carboxylic acids is 1. The first-order valence-corrected chi connectivity index (χ1v) is 4.97. The highest BCUT2D eigenvalue weighted by Crippen LogP contribution is 2.24. The number of rotatable bonds is 2. The van der Waals surface area contributed by atoms with Crippen LogP contribution in [0.4, 0.5) is 5.69 Å². The van der Waals surface area contributed by atoms with Crippen LogP contribution in [0.1, 0.15) is 26.3 Å². The van der Waals surface area contributed by atoms with E-state index in [0.29, 0.717) is 0 Å². The molecule has 0 aliphatic heterocycles. The average molecular weight is 203 g/mol. The Balaban J connectivity index is 2.93. The molecule has 0 radical (unpaired) electrons. The topological polar surface area (TPSA) is 29.1 Å². The first kappa shape index (κ1) is 11.5. The van der Waals surface area contributed by atoms with Gasteiger partial charge in [-0.3, -0.25) is 4.79 Å². The fourth-order valence-corrected chi connectivity index (χ4v) is 1.26. The van der Waals surface area contributed by atoms with Crippen molar-refractivity contribution in [3.63, 3.8) is 0 Å². The van der Waals surface area contributed by atoms with Crippen LogP contribution >= 0.6 is 0 Å². The Bertz CT molecular complexity index is 374. The minimum absolute atomic E-state index is 0.0922. The maximum absolute atomic E-state index is 11.1. The summed E-state index contributed by atoms with van der Waals surface area (Å²) in [7, 11) is 0. The standard InChI is InChI=1S/C13H17NO/c1-5-12(15)14-11-8-6-7-10(9-11)13(2,3)4/h5-9H,1H2,2-4H3,(H,14,15). The van der Waals surface area contributed by atoms with Crippen LogP contribution in [-0.2, 0) is 10.2 Å². The minimum Gasteiger partial charge on any atom is -0.323 e. The Labute approximate surface area is 91.0 Å². The molecule has 2 heteroatoms. The first-order chi connectivity index (χ1) is 6.93. The van der Waals surface area contributed by atoms with Crippen LogP contribution in [-0.4, -0.2) is 5.91 Å². The lowest BCUT2D eigenvalue weighted by Crippen LogP contribution is -2.13. The first-order valence-electron chi connectivity index (χ1n) is 4.97. The van der Waals surface area contributed by atoms with Crippen LogP contribution in [0.15, 0.2) is 36.9 Å². The summed E-state index contributed by atoms with van der Waals surface area (Å²) in [6.07, 6.45) is 1.27. The van der Waals surface area contributed by atoms with E-state index >= 15 is 0 Å². The largest absolute Gasteiger partial charge is 0.323 e. The lowest BCUT2D eigenvalue weighted by atomic mass is 9.87. The van der Waals surface area contributed by atoms with E-state index in [9.17, 15) is 4.79 Å². The number of carbonyl (C=O) groups is 1. The molecule has 0 saturated heterocycles. The van der Waals surface area contributed by atoms with E-state index in [4.69, 9.17) is 0 Å². The van der Waals surface area contributed by atoms with Crippen molar-refractivity contribution < 1.29 is 4.79 Å². The molecule has 1 amide bonds. The second kappa shape index (κ2) is 4.30. The second-order valence-corrected chi connectivity index (χ2v) is 4.52. The van der Waals surface area contributed by atoms with Gasteiger partial charge >= 0.3 is 0 Å². The van der Waals surface area contributed by atoms with Crippen LogP contribution in [0, 0.1) is 0 Å². The molecule has 1 aromatic carbocycles. The molecule has 0 aliphatic rings. The van der Waals surface area contributed by atoms with Gasteiger partial charge in [0.15, 0.2) is 0 Å². The van der Waals surface area contributed by atoms with Crippen molar-refractivity contribution >= 4 is 11.6 Å². The normalized spacial score (nSPS) is 10.9. The molecule has 0 spiro atoms. The molecule has 0 unspecified atom stereocenters. The molecule has 0 atom stereocenters. The molecule has 0 bridgehead atoms. The van der Waals surface area contributed by atoms with Gasteiger partial charge in [-0.1, -0.05) is 39.5 Å². The Morgan fingerprint density at radius 1 is 1.40 bits per heavy atom. The molecule has 0 saturated carbocycles. The molecule has 0 fully saturated rings. The summed E-state index contributed by atoms with van der Waals surface area (Å²) in [4.78, 5) is 11.1. The number of nitrogens with one attached hydrogen (secondary N) is 1. The Morgan fingerprint density at radius 2 is 2.07 bits per heavy atom. The quantitative estimate of drug-likeness (QED) is 0.735. The summed E-state index contributed by atoms with van der Waals surface area (Å²) >= 11 is 0. The molecule has 1 rings (SSSR count). The minimum atomic E-state index is -0.180. The fourth-order valence-electron chi connectivity index (χ4n) is 1.26. The molecule has 0 heterocycles. The zero-order valence-electron chi connectivity index (χ0n) is 9.50. The van der Waals surface area contributed by atoms with Crippen molar-refractivity contribution in [2.24, 2.45) is 0 Å². The SMILES string of the molecule is C=CC(=O)Nc1cccc(C(C)(C)C)c1. The second-order valence-electron chi connectivity index (χ2n) is 4.52. The summed E-state index contributed by atoms with van der Waals surface area (Å²) in [5.74, 6) is -0.180. The van der Waals surface area contributed by atoms with Gasteiger partial charge in [0.1, 0.15) is 0 Å². The van der Waals surface area contributed by atoms with E-state index < -0.39 is 0 Å². The van der Waals surface area contributed by atoms with Crippen molar-refractivity contribution in [1.29, 1.82) is 0 Å². The van der Waals surface area contributed by atoms with Gasteiger partial charge in [0.05, 0.1) is 0 Å². The van der Waals surface area contributed by atoms with Crippen LogP contribution < -0.4 is 5.32 Å². The smallest absolute Gasteiger partial charge is 0.247 e. The predicted octanol–water partition coefficient (Wildman–Crippen LogP) is 3.11. The van der Waals surface area contributed by atoms with Crippen LogP contribution in [0.5, 0.6) is 0 Å². The van der Waals surface area contributed by atoms with Crippen molar-refractivity contribution in [2.45, 2.75) is 26.2 Å². The summed E-state index contributed by atoms with van der Waals surface area (Å²) in [6.45, 7) is 9.84. The van der Waals surface area contributed by atoms with Crippen molar-refractivity contribution in [3.8, 4) is 0 Å². The van der Waals surface area contributed by atoms with E-state index in [2.05, 4.69) is 38.7 Å². The maximum atomic E-state index is 11.1. The summed E-state index contributed by atoms with van der Waals surface area (Å²) in [5.41, 5.74) is 2.10. The molecule has 0 aromatic heterocycles. The Hall–Kier alpha value is -1.57. The van der Waals surface area contributed by atoms with E-state index in [1.165, 1.54) is 11.6 Å². The highest BCUT2D eigenvalue weighted by molar-refractivity contribution is 5.98. The number of hydrogen-bond donors (Lipinski definition) is 1. The number of hydrogen-bond acceptors (Lipinski definition) is 1. The molecular formula is C13H17NO. The van der Waals surface area contributed by atoms with Gasteiger partial charge in [0.2, 0.25) is 5.91 Å². The van der Waals surface area contributed by atoms with Gasteiger partial charge in [0, 0.05) is 5.69 Å². The van der Waals surface area contributed by atoms with E-state index in [-0.39, 0.29) is 11.3 Å². The van der Waals surface area contributed by atoms with Gasteiger partial charge in [-0.05, 0) is 29.2 Å². The van der Waals surface area contributed by atoms with E-state index in [0.717, 1.165) is 5.69 Å². The third-order valence-electron chi connectivity index (χ3n) is 2.18. The molecule has 15 heavy (non-hydrogen) atoms. The lowest BCUT2D eigenvalue weighted by Gasteiger charge is -2.19.